The van der Waals surface area contributed by atoms with Gasteiger partial charge in [-0.1, -0.05) is 0 Å². The van der Waals surface area contributed by atoms with Gasteiger partial charge in [-0.15, -0.1) is 0 Å². The van der Waals surface area contributed by atoms with Crippen molar-refractivity contribution in [1.82, 2.24) is 14.6 Å². The van der Waals surface area contributed by atoms with Crippen molar-refractivity contribution in [3.8, 4) is 11.8 Å². The van der Waals surface area contributed by atoms with Crippen molar-refractivity contribution in [3.63, 3.8) is 0 Å². The van der Waals surface area contributed by atoms with Crippen LogP contribution in [-0.2, 0) is 0 Å². The summed E-state index contributed by atoms with van der Waals surface area (Å²) in [4.78, 5) is 16.5. The zero-order valence-corrected chi connectivity index (χ0v) is 13.8. The van der Waals surface area contributed by atoms with Gasteiger partial charge < -0.3 is 14.7 Å². The molecule has 1 aromatic heterocycles. The molecule has 9 heteroatoms. The Hall–Kier alpha value is -2.70. The number of rotatable bonds is 3. The Labute approximate surface area is 144 Å². The van der Waals surface area contributed by atoms with E-state index < -0.39 is 18.4 Å². The average molecular weight is 341 g/mol. The summed E-state index contributed by atoms with van der Waals surface area (Å²) in [6, 6.07) is 7.31. The molecule has 0 unspecified atom stereocenters. The molecule has 1 aromatic carbocycles. The molecule has 25 heavy (non-hydrogen) atoms. The minimum absolute atomic E-state index is 0.00446. The van der Waals surface area contributed by atoms with Crippen LogP contribution in [0.2, 0.25) is 6.82 Å². The molecule has 0 atom stereocenters. The number of nitrogens with zero attached hydrogens (tertiary/aromatic N) is 5. The number of hydrogen-bond donors (Lipinski definition) is 1. The molecule has 0 bridgehead atoms. The topological polar surface area (TPSA) is 85.4 Å². The monoisotopic (exact) mass is 341 g/mol. The van der Waals surface area contributed by atoms with E-state index in [0.717, 1.165) is 4.68 Å². The molecular weight excluding hydrogens is 324 g/mol. The molecule has 128 valence electrons. The zero-order valence-electron chi connectivity index (χ0n) is 13.8. The molecule has 0 aliphatic carbocycles. The van der Waals surface area contributed by atoms with Gasteiger partial charge in [-0.05, 0) is 31.1 Å². The van der Waals surface area contributed by atoms with Crippen LogP contribution in [0.4, 0.5) is 10.1 Å². The van der Waals surface area contributed by atoms with Crippen molar-refractivity contribution in [2.45, 2.75) is 6.82 Å². The highest BCUT2D eigenvalue weighted by atomic mass is 19.1. The first-order valence-electron chi connectivity index (χ1n) is 7.96. The highest BCUT2D eigenvalue weighted by Crippen LogP contribution is 2.19. The third-order valence-electron chi connectivity index (χ3n) is 4.32. The van der Waals surface area contributed by atoms with Crippen molar-refractivity contribution in [1.29, 1.82) is 5.26 Å². The van der Waals surface area contributed by atoms with E-state index in [1.165, 1.54) is 30.5 Å². The van der Waals surface area contributed by atoms with Crippen molar-refractivity contribution < 1.29 is 9.41 Å². The van der Waals surface area contributed by atoms with Crippen LogP contribution in [0.3, 0.4) is 0 Å². The van der Waals surface area contributed by atoms with Gasteiger partial charge >= 0.3 is 7.05 Å². The molecule has 1 fully saturated rings. The van der Waals surface area contributed by atoms with Gasteiger partial charge in [-0.2, -0.15) is 15.0 Å². The highest BCUT2D eigenvalue weighted by molar-refractivity contribution is 6.45. The van der Waals surface area contributed by atoms with Crippen LogP contribution < -0.4 is 10.5 Å². The predicted octanol–water partition coefficient (Wildman–Crippen LogP) is 0.476. The molecule has 0 spiro atoms. The lowest BCUT2D eigenvalue weighted by molar-refractivity contribution is 0.344. The zero-order chi connectivity index (χ0) is 18.0. The summed E-state index contributed by atoms with van der Waals surface area (Å²) < 4.78 is 14.1. The highest BCUT2D eigenvalue weighted by Gasteiger charge is 2.25. The molecule has 1 aliphatic heterocycles. The third-order valence-corrected chi connectivity index (χ3v) is 4.32. The Morgan fingerprint density at radius 1 is 1.24 bits per heavy atom. The molecule has 0 saturated carbocycles. The standard InChI is InChI=1S/C16H17BFN5O2/c1-17(25)22-8-6-21(7-9-22)15-11-20-23(16(24)14(15)10-19)13-4-2-12(18)3-5-13/h2-5,11,25H,6-9H2,1H3. The third kappa shape index (κ3) is 3.40. The van der Waals surface area contributed by atoms with Crippen molar-refractivity contribution in [3.05, 3.63) is 52.2 Å². The van der Waals surface area contributed by atoms with E-state index in [1.54, 1.807) is 6.82 Å². The summed E-state index contributed by atoms with van der Waals surface area (Å²) in [5, 5.41) is 23.2. The normalized spacial score (nSPS) is 15.0. The van der Waals surface area contributed by atoms with Gasteiger partial charge in [-0.25, -0.2) is 4.39 Å². The summed E-state index contributed by atoms with van der Waals surface area (Å²) in [6.07, 6.45) is 1.49. The van der Waals surface area contributed by atoms with Gasteiger partial charge in [0.1, 0.15) is 17.4 Å². The number of hydrogen-bond acceptors (Lipinski definition) is 6. The molecule has 0 amide bonds. The predicted molar refractivity (Wildman–Crippen MR) is 92.1 cm³/mol. The number of piperazine rings is 1. The number of aromatic nitrogens is 2. The molecule has 1 saturated heterocycles. The second-order valence-electron chi connectivity index (χ2n) is 5.86. The summed E-state index contributed by atoms with van der Waals surface area (Å²) in [7, 11) is -0.526. The number of anilines is 1. The fourth-order valence-electron chi connectivity index (χ4n) is 2.89. The van der Waals surface area contributed by atoms with Crippen molar-refractivity contribution >= 4 is 12.7 Å². The Morgan fingerprint density at radius 3 is 2.44 bits per heavy atom. The maximum atomic E-state index is 13.1. The van der Waals surface area contributed by atoms with Crippen LogP contribution in [-0.4, -0.2) is 52.8 Å². The molecule has 3 rings (SSSR count). The van der Waals surface area contributed by atoms with Crippen LogP contribution in [0, 0.1) is 17.1 Å². The lowest BCUT2D eigenvalue weighted by atomic mass is 9.84. The first-order valence-corrected chi connectivity index (χ1v) is 7.96. The largest absolute Gasteiger partial charge is 0.437 e. The van der Waals surface area contributed by atoms with Crippen LogP contribution in [0.15, 0.2) is 35.3 Å². The summed E-state index contributed by atoms with van der Waals surface area (Å²) >= 11 is 0. The van der Waals surface area contributed by atoms with Gasteiger partial charge in [0.2, 0.25) is 0 Å². The second kappa shape index (κ2) is 7.05. The molecule has 2 aromatic rings. The summed E-state index contributed by atoms with van der Waals surface area (Å²) in [5.74, 6) is -0.412. The number of nitriles is 1. The molecular formula is C16H17BFN5O2. The van der Waals surface area contributed by atoms with Crippen LogP contribution >= 0.6 is 0 Å². The van der Waals surface area contributed by atoms with Crippen molar-refractivity contribution in [2.24, 2.45) is 0 Å². The molecule has 2 heterocycles. The van der Waals surface area contributed by atoms with E-state index in [4.69, 9.17) is 0 Å². The van der Waals surface area contributed by atoms with Gasteiger partial charge in [0.05, 0.1) is 17.6 Å². The van der Waals surface area contributed by atoms with E-state index in [9.17, 15) is 19.5 Å². The number of halogens is 1. The fraction of sp³-hybridized carbons (Fsp3) is 0.312. The number of benzene rings is 1. The minimum atomic E-state index is -0.537. The minimum Gasteiger partial charge on any atom is -0.437 e. The first-order chi connectivity index (χ1) is 12.0. The molecule has 0 radical (unpaired) electrons. The smallest absolute Gasteiger partial charge is 0.376 e. The lowest BCUT2D eigenvalue weighted by Crippen LogP contribution is -2.52. The quantitative estimate of drug-likeness (QED) is 0.818. The maximum Gasteiger partial charge on any atom is 0.376 e. The van der Waals surface area contributed by atoms with Crippen LogP contribution in [0.1, 0.15) is 5.56 Å². The van der Waals surface area contributed by atoms with Gasteiger partial charge in [0.15, 0.2) is 0 Å². The van der Waals surface area contributed by atoms with Gasteiger partial charge in [0.25, 0.3) is 5.56 Å². The SMILES string of the molecule is CB(O)N1CCN(c2cnn(-c3ccc(F)cc3)c(=O)c2C#N)CC1. The lowest BCUT2D eigenvalue weighted by Gasteiger charge is -2.36. The average Bonchev–Trinajstić information content (AvgIpc) is 2.62. The van der Waals surface area contributed by atoms with E-state index >= 15 is 0 Å². The van der Waals surface area contributed by atoms with Gasteiger partial charge in [-0.3, -0.25) is 4.79 Å². The Morgan fingerprint density at radius 2 is 1.88 bits per heavy atom. The van der Waals surface area contributed by atoms with E-state index in [2.05, 4.69) is 5.10 Å². The van der Waals surface area contributed by atoms with E-state index in [0.29, 0.717) is 37.6 Å². The Bertz CT molecular complexity index is 854. The molecule has 7 nitrogen and oxygen atoms in total. The fourth-order valence-corrected chi connectivity index (χ4v) is 2.89. The van der Waals surface area contributed by atoms with E-state index in [1.807, 2.05) is 15.8 Å². The first kappa shape index (κ1) is 17.1. The summed E-state index contributed by atoms with van der Waals surface area (Å²) in [6.45, 7) is 4.14. The Balaban J connectivity index is 1.93. The van der Waals surface area contributed by atoms with Crippen molar-refractivity contribution in [2.75, 3.05) is 31.1 Å². The maximum absolute atomic E-state index is 13.1. The molecule has 1 aliphatic rings. The van der Waals surface area contributed by atoms with Crippen LogP contribution in [0.5, 0.6) is 0 Å². The van der Waals surface area contributed by atoms with Gasteiger partial charge in [0, 0.05) is 26.2 Å². The van der Waals surface area contributed by atoms with Crippen LogP contribution in [0.25, 0.3) is 5.69 Å². The van der Waals surface area contributed by atoms with E-state index in [-0.39, 0.29) is 5.56 Å². The second-order valence-corrected chi connectivity index (χ2v) is 5.86. The Kier molecular flexibility index (Phi) is 4.83. The summed E-state index contributed by atoms with van der Waals surface area (Å²) in [5.41, 5.74) is 0.346. The molecule has 1 N–H and O–H groups in total.